The molecular weight excluding hydrogens is 468 g/mol. The topological polar surface area (TPSA) is 7.94 Å². The van der Waals surface area contributed by atoms with Gasteiger partial charge in [0.05, 0.1) is 5.57 Å². The van der Waals surface area contributed by atoms with E-state index in [-0.39, 0.29) is 0 Å². The van der Waals surface area contributed by atoms with Crippen molar-refractivity contribution < 1.29 is 13.1 Å². The zero-order valence-corrected chi connectivity index (χ0v) is 20.5. The highest BCUT2D eigenvalue weighted by molar-refractivity contribution is 9.10. The van der Waals surface area contributed by atoms with Crippen LogP contribution in [0.3, 0.4) is 0 Å². The molecule has 0 atom stereocenters. The minimum absolute atomic E-state index is 0.544. The Bertz CT molecular complexity index is 1180. The molecule has 0 aliphatic carbocycles. The van der Waals surface area contributed by atoms with Gasteiger partial charge in [0.2, 0.25) is 0 Å². The van der Waals surface area contributed by atoms with E-state index < -0.39 is 6.97 Å². The van der Waals surface area contributed by atoms with Gasteiger partial charge in [-0.2, -0.15) is 0 Å². The molecule has 3 heterocycles. The molecule has 2 aliphatic rings. The SMILES string of the molecule is CCC1=C(C)C2=C(c3c(Cl)cccc3Br)c3c(C)c(CC)c(C)n3[B-](F)(F)[N+]2=C1C. The molecule has 0 spiro atoms. The van der Waals surface area contributed by atoms with E-state index in [0.717, 1.165) is 37.9 Å². The highest BCUT2D eigenvalue weighted by Crippen LogP contribution is 2.49. The Balaban J connectivity index is 2.29. The molecule has 0 saturated carbocycles. The van der Waals surface area contributed by atoms with Crippen LogP contribution in [-0.4, -0.2) is 21.6 Å². The third-order valence-electron chi connectivity index (χ3n) is 6.71. The van der Waals surface area contributed by atoms with Crippen LogP contribution in [0, 0.1) is 13.8 Å². The highest BCUT2D eigenvalue weighted by atomic mass is 79.9. The molecule has 0 bridgehead atoms. The van der Waals surface area contributed by atoms with Gasteiger partial charge >= 0.3 is 6.97 Å². The second-order valence-electron chi connectivity index (χ2n) is 8.08. The molecule has 0 saturated heterocycles. The lowest BCUT2D eigenvalue weighted by atomic mass is 9.83. The van der Waals surface area contributed by atoms with Crippen LogP contribution < -0.4 is 0 Å². The number of nitrogens with zero attached hydrogens (tertiary/aromatic N) is 2. The maximum Gasteiger partial charge on any atom is 0.737 e. The van der Waals surface area contributed by atoms with Gasteiger partial charge in [-0.3, -0.25) is 0 Å². The van der Waals surface area contributed by atoms with Crippen molar-refractivity contribution in [3.05, 3.63) is 72.6 Å². The third kappa shape index (κ3) is 2.62. The summed E-state index contributed by atoms with van der Waals surface area (Å²) in [5, 5.41) is 0.544. The number of fused-ring (bicyclic) bond motifs is 2. The monoisotopic (exact) mass is 492 g/mol. The fraction of sp³-hybridized carbons (Fsp3) is 0.348. The van der Waals surface area contributed by atoms with Crippen molar-refractivity contribution in [3.63, 3.8) is 0 Å². The van der Waals surface area contributed by atoms with E-state index in [1.807, 2.05) is 59.7 Å². The molecule has 0 N–H and O–H groups in total. The molecule has 1 aromatic carbocycles. The molecule has 30 heavy (non-hydrogen) atoms. The van der Waals surface area contributed by atoms with Gasteiger partial charge in [0, 0.05) is 38.8 Å². The van der Waals surface area contributed by atoms with Crippen molar-refractivity contribution in [2.75, 3.05) is 0 Å². The van der Waals surface area contributed by atoms with E-state index in [2.05, 4.69) is 15.9 Å². The van der Waals surface area contributed by atoms with Crippen molar-refractivity contribution in [2.24, 2.45) is 0 Å². The second kappa shape index (κ2) is 7.20. The normalized spacial score (nSPS) is 17.8. The lowest BCUT2D eigenvalue weighted by molar-refractivity contribution is -0.363. The van der Waals surface area contributed by atoms with Gasteiger partial charge in [-0.05, 0) is 62.6 Å². The van der Waals surface area contributed by atoms with E-state index in [1.54, 1.807) is 0 Å². The first-order chi connectivity index (χ1) is 14.1. The van der Waals surface area contributed by atoms with Gasteiger partial charge in [0.15, 0.2) is 5.70 Å². The third-order valence-corrected chi connectivity index (χ3v) is 7.68. The molecule has 1 aromatic heterocycles. The fourth-order valence-corrected chi connectivity index (χ4v) is 6.40. The van der Waals surface area contributed by atoms with E-state index in [1.165, 1.54) is 8.96 Å². The van der Waals surface area contributed by atoms with Crippen molar-refractivity contribution in [2.45, 2.75) is 54.4 Å². The van der Waals surface area contributed by atoms with Crippen LogP contribution in [0.1, 0.15) is 62.2 Å². The van der Waals surface area contributed by atoms with E-state index in [0.29, 0.717) is 40.7 Å². The standard InChI is InChI=1S/C23H25BBrClF2N2/c1-7-16-12(3)22-21(20-18(25)10-9-11-19(20)26)23-13(4)17(8-2)15(6)30(23)24(27,28)29(22)14(16)5/h9-11H,7-8H2,1-6H3. The number of aromatic nitrogens is 1. The molecule has 0 unspecified atom stereocenters. The summed E-state index contributed by atoms with van der Waals surface area (Å²) in [5.41, 5.74) is 7.73. The Morgan fingerprint density at radius 3 is 2.33 bits per heavy atom. The highest BCUT2D eigenvalue weighted by Gasteiger charge is 2.57. The summed E-state index contributed by atoms with van der Waals surface area (Å²) in [7, 11) is 0. The summed E-state index contributed by atoms with van der Waals surface area (Å²) in [5.74, 6) is 0. The quantitative estimate of drug-likeness (QED) is 0.397. The average Bonchev–Trinajstić information content (AvgIpc) is 3.08. The predicted molar refractivity (Wildman–Crippen MR) is 126 cm³/mol. The van der Waals surface area contributed by atoms with Gasteiger partial charge in [0.25, 0.3) is 0 Å². The van der Waals surface area contributed by atoms with E-state index in [4.69, 9.17) is 11.6 Å². The van der Waals surface area contributed by atoms with Crippen molar-refractivity contribution in [1.29, 1.82) is 0 Å². The first-order valence-electron chi connectivity index (χ1n) is 10.3. The summed E-state index contributed by atoms with van der Waals surface area (Å²) in [6.45, 7) is 7.53. The smallest absolute Gasteiger partial charge is 0.393 e. The largest absolute Gasteiger partial charge is 0.737 e. The maximum atomic E-state index is 16.2. The van der Waals surface area contributed by atoms with Crippen LogP contribution >= 0.6 is 27.5 Å². The number of hydrogen-bond acceptors (Lipinski definition) is 0. The lowest BCUT2D eigenvalue weighted by Crippen LogP contribution is -2.51. The molecule has 2 aliphatic heterocycles. The summed E-state index contributed by atoms with van der Waals surface area (Å²) < 4.78 is 35.7. The molecular formula is C23H25BBrClF2N2. The van der Waals surface area contributed by atoms with Gasteiger partial charge < -0.3 is 17.6 Å². The minimum Gasteiger partial charge on any atom is -0.393 e. The Morgan fingerprint density at radius 1 is 1.10 bits per heavy atom. The second-order valence-corrected chi connectivity index (χ2v) is 9.34. The molecule has 4 rings (SSSR count). The number of rotatable bonds is 3. The fourth-order valence-electron chi connectivity index (χ4n) is 5.45. The summed E-state index contributed by atoms with van der Waals surface area (Å²) in [6, 6.07) is 5.60. The molecule has 2 nitrogen and oxygen atoms in total. The van der Waals surface area contributed by atoms with Crippen LogP contribution in [0.25, 0.3) is 5.57 Å². The minimum atomic E-state index is -4.02. The van der Waals surface area contributed by atoms with Crippen LogP contribution in [0.2, 0.25) is 5.02 Å². The number of hydrogen-bond donors (Lipinski definition) is 0. The molecule has 0 radical (unpaired) electrons. The van der Waals surface area contributed by atoms with Crippen molar-refractivity contribution >= 4 is 45.8 Å². The maximum absolute atomic E-state index is 16.2. The molecule has 7 heteroatoms. The van der Waals surface area contributed by atoms with Gasteiger partial charge in [-0.25, -0.2) is 0 Å². The Hall–Kier alpha value is -1.66. The first-order valence-corrected chi connectivity index (χ1v) is 11.5. The first kappa shape index (κ1) is 21.6. The Kier molecular flexibility index (Phi) is 5.18. The summed E-state index contributed by atoms with van der Waals surface area (Å²) in [4.78, 5) is 0. The van der Waals surface area contributed by atoms with E-state index >= 15 is 8.63 Å². The van der Waals surface area contributed by atoms with Crippen molar-refractivity contribution in [1.82, 2.24) is 4.48 Å². The number of benzene rings is 1. The lowest BCUT2D eigenvalue weighted by Gasteiger charge is -2.34. The molecule has 0 fully saturated rings. The number of halogens is 4. The van der Waals surface area contributed by atoms with Gasteiger partial charge in [0.1, 0.15) is 5.71 Å². The van der Waals surface area contributed by atoms with Crippen LogP contribution in [0.5, 0.6) is 0 Å². The summed E-state index contributed by atoms with van der Waals surface area (Å²) in [6.07, 6.45) is 1.40. The zero-order chi connectivity index (χ0) is 22.1. The Morgan fingerprint density at radius 2 is 1.77 bits per heavy atom. The average molecular weight is 494 g/mol. The molecule has 0 amide bonds. The number of allylic oxidation sites excluding steroid dienone is 2. The van der Waals surface area contributed by atoms with Gasteiger partial charge in [-0.15, -0.1) is 0 Å². The molecule has 158 valence electrons. The van der Waals surface area contributed by atoms with Crippen LogP contribution in [-0.2, 0) is 6.42 Å². The van der Waals surface area contributed by atoms with Crippen LogP contribution in [0.4, 0.5) is 8.63 Å². The predicted octanol–water partition coefficient (Wildman–Crippen LogP) is 7.29. The Labute approximate surface area is 190 Å². The summed E-state index contributed by atoms with van der Waals surface area (Å²) >= 11 is 10.3. The molecule has 2 aromatic rings. The van der Waals surface area contributed by atoms with Crippen LogP contribution in [0.15, 0.2) is 39.5 Å². The van der Waals surface area contributed by atoms with Crippen molar-refractivity contribution in [3.8, 4) is 0 Å². The van der Waals surface area contributed by atoms with E-state index in [9.17, 15) is 0 Å². The zero-order valence-electron chi connectivity index (χ0n) is 18.1. The van der Waals surface area contributed by atoms with Gasteiger partial charge in [-0.1, -0.05) is 47.4 Å².